The van der Waals surface area contributed by atoms with Gasteiger partial charge in [-0.2, -0.15) is 19.6 Å². The second kappa shape index (κ2) is 9.67. The molecule has 30 heavy (non-hydrogen) atoms. The standard InChI is InChI=1S/C22H44O8/c1-17(2,3)23-27-21(28-24-18(4,5)6)15-13-14-16-22(21,29-25-19(7,8)9)30-26-20(10,11)12/h13-16H2,1-12H3. The summed E-state index contributed by atoms with van der Waals surface area (Å²) in [6.07, 6.45) is 2.31. The first-order valence-electron chi connectivity index (χ1n) is 10.8. The first kappa shape index (κ1) is 27.7. The molecule has 0 bridgehead atoms. The van der Waals surface area contributed by atoms with E-state index in [1.165, 1.54) is 0 Å². The van der Waals surface area contributed by atoms with E-state index < -0.39 is 34.0 Å². The second-order valence-corrected chi connectivity index (χ2v) is 11.8. The van der Waals surface area contributed by atoms with Gasteiger partial charge in [-0.25, -0.2) is 19.6 Å². The van der Waals surface area contributed by atoms with Crippen LogP contribution in [0, 0.1) is 0 Å². The molecule has 0 saturated heterocycles. The molecule has 1 aliphatic rings. The van der Waals surface area contributed by atoms with Crippen molar-refractivity contribution >= 4 is 0 Å². The molecule has 8 heteroatoms. The van der Waals surface area contributed by atoms with Gasteiger partial charge in [0.05, 0.1) is 22.4 Å². The zero-order valence-electron chi connectivity index (χ0n) is 21.1. The molecule has 180 valence electrons. The lowest BCUT2D eigenvalue weighted by Gasteiger charge is -2.48. The van der Waals surface area contributed by atoms with Crippen LogP contribution in [-0.4, -0.2) is 34.0 Å². The van der Waals surface area contributed by atoms with Gasteiger partial charge in [0.2, 0.25) is 0 Å². The van der Waals surface area contributed by atoms with Crippen molar-refractivity contribution in [3.8, 4) is 0 Å². The van der Waals surface area contributed by atoms with Crippen LogP contribution in [0.15, 0.2) is 0 Å². The Labute approximate surface area is 182 Å². The van der Waals surface area contributed by atoms with E-state index in [0.29, 0.717) is 12.8 Å². The van der Waals surface area contributed by atoms with Gasteiger partial charge in [0.25, 0.3) is 11.6 Å². The van der Waals surface area contributed by atoms with Crippen molar-refractivity contribution in [1.29, 1.82) is 0 Å². The van der Waals surface area contributed by atoms with Crippen LogP contribution in [0.4, 0.5) is 0 Å². The quantitative estimate of drug-likeness (QED) is 0.263. The number of hydrogen-bond donors (Lipinski definition) is 0. The van der Waals surface area contributed by atoms with E-state index in [-0.39, 0.29) is 0 Å². The van der Waals surface area contributed by atoms with Crippen LogP contribution < -0.4 is 0 Å². The van der Waals surface area contributed by atoms with Crippen LogP contribution in [0.1, 0.15) is 109 Å². The third-order valence-corrected chi connectivity index (χ3v) is 3.55. The Morgan fingerprint density at radius 3 is 0.767 bits per heavy atom. The van der Waals surface area contributed by atoms with Crippen LogP contribution in [0.2, 0.25) is 0 Å². The first-order valence-corrected chi connectivity index (χ1v) is 10.8. The Hall–Kier alpha value is -0.320. The highest BCUT2D eigenvalue weighted by Gasteiger charge is 2.64. The van der Waals surface area contributed by atoms with Gasteiger partial charge in [-0.1, -0.05) is 0 Å². The van der Waals surface area contributed by atoms with Crippen molar-refractivity contribution in [2.45, 2.75) is 143 Å². The normalized spacial score (nSPS) is 20.4. The predicted octanol–water partition coefficient (Wildman–Crippen LogP) is 5.94. The third-order valence-electron chi connectivity index (χ3n) is 3.55. The second-order valence-electron chi connectivity index (χ2n) is 11.8. The number of hydrogen-bond acceptors (Lipinski definition) is 8. The summed E-state index contributed by atoms with van der Waals surface area (Å²) in [7, 11) is 0. The van der Waals surface area contributed by atoms with Crippen LogP contribution in [0.5, 0.6) is 0 Å². The van der Waals surface area contributed by atoms with Crippen molar-refractivity contribution in [3.63, 3.8) is 0 Å². The molecule has 1 aliphatic carbocycles. The minimum atomic E-state index is -1.59. The van der Waals surface area contributed by atoms with E-state index in [0.717, 1.165) is 12.8 Å². The molecule has 0 aromatic carbocycles. The Bertz CT molecular complexity index is 435. The first-order chi connectivity index (χ1) is 13.3. The highest BCUT2D eigenvalue weighted by molar-refractivity contribution is 4.91. The smallest absolute Gasteiger partial charge is 0.228 e. The SMILES string of the molecule is CC(C)(C)OOC1(OOC(C)(C)C)CCCCC1(OOC(C)(C)C)OOC(C)(C)C. The highest BCUT2D eigenvalue weighted by Crippen LogP contribution is 2.47. The maximum absolute atomic E-state index is 5.92. The van der Waals surface area contributed by atoms with Gasteiger partial charge in [0.1, 0.15) is 0 Å². The van der Waals surface area contributed by atoms with E-state index >= 15 is 0 Å². The fourth-order valence-electron chi connectivity index (χ4n) is 2.31. The molecule has 0 aromatic rings. The number of rotatable bonds is 8. The average Bonchev–Trinajstić information content (AvgIpc) is 2.53. The van der Waals surface area contributed by atoms with Crippen molar-refractivity contribution in [3.05, 3.63) is 0 Å². The molecular weight excluding hydrogens is 392 g/mol. The molecule has 8 nitrogen and oxygen atoms in total. The molecular formula is C22H44O8. The summed E-state index contributed by atoms with van der Waals surface area (Å²) in [5.41, 5.74) is -2.46. The summed E-state index contributed by atoms with van der Waals surface area (Å²) in [5, 5.41) is 0. The zero-order chi connectivity index (χ0) is 23.5. The summed E-state index contributed by atoms with van der Waals surface area (Å²) >= 11 is 0. The molecule has 0 spiro atoms. The Morgan fingerprint density at radius 1 is 0.400 bits per heavy atom. The van der Waals surface area contributed by atoms with Crippen LogP contribution in [0.25, 0.3) is 0 Å². The molecule has 0 atom stereocenters. The molecule has 1 fully saturated rings. The minimum absolute atomic E-state index is 0.375. The Morgan fingerprint density at radius 2 is 0.600 bits per heavy atom. The average molecular weight is 437 g/mol. The molecule has 0 radical (unpaired) electrons. The van der Waals surface area contributed by atoms with E-state index in [1.807, 2.05) is 83.1 Å². The van der Waals surface area contributed by atoms with Crippen molar-refractivity contribution in [2.75, 3.05) is 0 Å². The lowest BCUT2D eigenvalue weighted by Crippen LogP contribution is -2.64. The van der Waals surface area contributed by atoms with Gasteiger partial charge >= 0.3 is 0 Å². The van der Waals surface area contributed by atoms with Gasteiger partial charge in [0.15, 0.2) is 0 Å². The van der Waals surface area contributed by atoms with Gasteiger partial charge in [-0.3, -0.25) is 0 Å². The topological polar surface area (TPSA) is 73.8 Å². The highest BCUT2D eigenvalue weighted by atomic mass is 17.4. The fourth-order valence-corrected chi connectivity index (χ4v) is 2.31. The molecule has 0 N–H and O–H groups in total. The third kappa shape index (κ3) is 9.44. The molecule has 1 rings (SSSR count). The maximum Gasteiger partial charge on any atom is 0.292 e. The Kier molecular flexibility index (Phi) is 8.93. The van der Waals surface area contributed by atoms with Crippen LogP contribution >= 0.6 is 0 Å². The van der Waals surface area contributed by atoms with Crippen molar-refractivity contribution in [2.24, 2.45) is 0 Å². The molecule has 0 unspecified atom stereocenters. The fraction of sp³-hybridized carbons (Fsp3) is 1.00. The summed E-state index contributed by atoms with van der Waals surface area (Å²) in [5.74, 6) is -3.19. The minimum Gasteiger partial charge on any atom is -0.228 e. The van der Waals surface area contributed by atoms with Gasteiger partial charge in [-0.05, 0) is 95.9 Å². The van der Waals surface area contributed by atoms with Gasteiger partial charge in [0, 0.05) is 12.8 Å². The van der Waals surface area contributed by atoms with Crippen LogP contribution in [0.3, 0.4) is 0 Å². The predicted molar refractivity (Wildman–Crippen MR) is 112 cm³/mol. The van der Waals surface area contributed by atoms with E-state index in [9.17, 15) is 0 Å². The molecule has 0 amide bonds. The summed E-state index contributed by atoms with van der Waals surface area (Å²) in [6, 6.07) is 0. The largest absolute Gasteiger partial charge is 0.292 e. The summed E-state index contributed by atoms with van der Waals surface area (Å²) in [6.45, 7) is 22.4. The van der Waals surface area contributed by atoms with Gasteiger partial charge in [-0.15, -0.1) is 0 Å². The zero-order valence-corrected chi connectivity index (χ0v) is 21.1. The van der Waals surface area contributed by atoms with E-state index in [4.69, 9.17) is 39.1 Å². The molecule has 0 aliphatic heterocycles. The van der Waals surface area contributed by atoms with Crippen molar-refractivity contribution < 1.29 is 39.1 Å². The summed E-state index contributed by atoms with van der Waals surface area (Å²) < 4.78 is 0. The van der Waals surface area contributed by atoms with Crippen molar-refractivity contribution in [1.82, 2.24) is 0 Å². The monoisotopic (exact) mass is 436 g/mol. The lowest BCUT2D eigenvalue weighted by molar-refractivity contribution is -0.656. The van der Waals surface area contributed by atoms with Gasteiger partial charge < -0.3 is 0 Å². The lowest BCUT2D eigenvalue weighted by atomic mass is 9.88. The summed E-state index contributed by atoms with van der Waals surface area (Å²) in [4.78, 5) is 46.4. The van der Waals surface area contributed by atoms with E-state index in [1.54, 1.807) is 0 Å². The van der Waals surface area contributed by atoms with E-state index in [2.05, 4.69) is 0 Å². The maximum atomic E-state index is 5.92. The van der Waals surface area contributed by atoms with Crippen LogP contribution in [-0.2, 0) is 39.1 Å². The molecule has 1 saturated carbocycles. The molecule has 0 aromatic heterocycles. The Balaban J connectivity index is 3.38. The molecule has 0 heterocycles.